The number of allylic oxidation sites excluding steroid dienone is 1. The number of hydrogen-bond donors (Lipinski definition) is 1. The molecule has 4 nitrogen and oxygen atoms in total. The number of rotatable bonds is 3. The van der Waals surface area contributed by atoms with Crippen LogP contribution >= 0.6 is 11.6 Å². The summed E-state index contributed by atoms with van der Waals surface area (Å²) in [6, 6.07) is 14.8. The first-order valence-corrected chi connectivity index (χ1v) is 9.48. The van der Waals surface area contributed by atoms with E-state index in [1.165, 1.54) is 6.07 Å². The minimum Gasteiger partial charge on any atom is -0.337 e. The molecule has 0 aliphatic carbocycles. The van der Waals surface area contributed by atoms with Gasteiger partial charge in [-0.25, -0.2) is 9.37 Å². The number of imidazole rings is 1. The zero-order valence-corrected chi connectivity index (χ0v) is 17.0. The van der Waals surface area contributed by atoms with Crippen molar-refractivity contribution in [1.29, 1.82) is 5.26 Å². The van der Waals surface area contributed by atoms with Crippen molar-refractivity contribution < 1.29 is 4.39 Å². The zero-order valence-electron chi connectivity index (χ0n) is 16.2. The number of hydrogen-bond acceptors (Lipinski definition) is 2. The summed E-state index contributed by atoms with van der Waals surface area (Å²) in [5, 5.41) is 9.80. The predicted octanol–water partition coefficient (Wildman–Crippen LogP) is 6.14. The van der Waals surface area contributed by atoms with E-state index >= 15 is 0 Å². The number of fused-ring (bicyclic) bond motifs is 1. The van der Waals surface area contributed by atoms with Crippen molar-refractivity contribution in [2.45, 2.75) is 20.8 Å². The average Bonchev–Trinajstić information content (AvgIpc) is 3.22. The van der Waals surface area contributed by atoms with Crippen LogP contribution in [0.3, 0.4) is 0 Å². The summed E-state index contributed by atoms with van der Waals surface area (Å²) in [7, 11) is 0. The standard InChI is InChI=1S/C23H18ClFN4/c1-13-4-7-21-22(8-13)28-23(27-21)17(12-26)10-16-9-14(2)29(15(16)3)18-5-6-20(25)19(24)11-18/h4-11H,1-3H3,(H,27,28). The largest absolute Gasteiger partial charge is 0.337 e. The Balaban J connectivity index is 1.80. The number of H-pyrrole nitrogens is 1. The summed E-state index contributed by atoms with van der Waals surface area (Å²) in [5.41, 5.74) is 6.80. The molecule has 2 heterocycles. The van der Waals surface area contributed by atoms with Gasteiger partial charge in [0, 0.05) is 17.1 Å². The van der Waals surface area contributed by atoms with Crippen LogP contribution in [-0.2, 0) is 0 Å². The van der Waals surface area contributed by atoms with Crippen molar-refractivity contribution in [2.24, 2.45) is 0 Å². The molecule has 0 saturated carbocycles. The second-order valence-electron chi connectivity index (χ2n) is 7.04. The molecule has 0 unspecified atom stereocenters. The van der Waals surface area contributed by atoms with Crippen molar-refractivity contribution in [1.82, 2.24) is 14.5 Å². The molecule has 0 amide bonds. The third-order valence-electron chi connectivity index (χ3n) is 4.94. The molecule has 2 aromatic carbocycles. The molecule has 0 fully saturated rings. The molecule has 0 bridgehead atoms. The molecule has 144 valence electrons. The molecule has 1 N–H and O–H groups in total. The highest BCUT2D eigenvalue weighted by Gasteiger charge is 2.14. The van der Waals surface area contributed by atoms with Crippen molar-refractivity contribution >= 4 is 34.3 Å². The van der Waals surface area contributed by atoms with Crippen molar-refractivity contribution in [3.05, 3.63) is 81.6 Å². The van der Waals surface area contributed by atoms with E-state index in [9.17, 15) is 9.65 Å². The Morgan fingerprint density at radius 2 is 1.97 bits per heavy atom. The molecule has 2 aromatic heterocycles. The summed E-state index contributed by atoms with van der Waals surface area (Å²) in [4.78, 5) is 7.77. The predicted molar refractivity (Wildman–Crippen MR) is 115 cm³/mol. The van der Waals surface area contributed by atoms with Gasteiger partial charge in [-0.2, -0.15) is 5.26 Å². The lowest BCUT2D eigenvalue weighted by atomic mass is 10.1. The van der Waals surface area contributed by atoms with E-state index < -0.39 is 5.82 Å². The Bertz CT molecular complexity index is 1320. The summed E-state index contributed by atoms with van der Waals surface area (Å²) in [6.45, 7) is 5.92. The lowest BCUT2D eigenvalue weighted by Crippen LogP contribution is -1.99. The van der Waals surface area contributed by atoms with Gasteiger partial charge in [0.25, 0.3) is 0 Å². The van der Waals surface area contributed by atoms with Crippen LogP contribution < -0.4 is 0 Å². The van der Waals surface area contributed by atoms with Crippen molar-refractivity contribution in [3.63, 3.8) is 0 Å². The Morgan fingerprint density at radius 3 is 2.69 bits per heavy atom. The Labute approximate surface area is 172 Å². The van der Waals surface area contributed by atoms with E-state index in [0.717, 1.165) is 39.2 Å². The van der Waals surface area contributed by atoms with Crippen molar-refractivity contribution in [2.75, 3.05) is 0 Å². The Hall–Kier alpha value is -3.36. The SMILES string of the molecule is Cc1ccc2nc(C(C#N)=Cc3cc(C)n(-c4ccc(F)c(Cl)c4)c3C)[nH]c2c1. The number of nitrogens with one attached hydrogen (secondary N) is 1. The number of aromatic nitrogens is 3. The number of aryl methyl sites for hydroxylation is 2. The van der Waals surface area contributed by atoms with Crippen LogP contribution in [0.2, 0.25) is 5.02 Å². The number of nitrogens with zero attached hydrogens (tertiary/aromatic N) is 3. The molecule has 0 spiro atoms. The Morgan fingerprint density at radius 1 is 1.17 bits per heavy atom. The lowest BCUT2D eigenvalue weighted by Gasteiger charge is -2.10. The minimum absolute atomic E-state index is 0.0716. The highest BCUT2D eigenvalue weighted by atomic mass is 35.5. The van der Waals surface area contributed by atoms with Crippen LogP contribution in [-0.4, -0.2) is 14.5 Å². The quantitative estimate of drug-likeness (QED) is 0.417. The molecular weight excluding hydrogens is 387 g/mol. The van der Waals surface area contributed by atoms with Crippen LogP contribution in [0.1, 0.15) is 28.3 Å². The summed E-state index contributed by atoms with van der Waals surface area (Å²) in [5.74, 6) is 0.0765. The third-order valence-corrected chi connectivity index (χ3v) is 5.23. The van der Waals surface area contributed by atoms with E-state index in [0.29, 0.717) is 11.4 Å². The van der Waals surface area contributed by atoms with Gasteiger partial charge in [-0.05, 0) is 74.4 Å². The number of nitriles is 1. The maximum Gasteiger partial charge on any atom is 0.149 e. The van der Waals surface area contributed by atoms with Gasteiger partial charge in [0.15, 0.2) is 0 Å². The summed E-state index contributed by atoms with van der Waals surface area (Å²) < 4.78 is 15.5. The van der Waals surface area contributed by atoms with Crippen LogP contribution in [0, 0.1) is 37.9 Å². The first-order valence-electron chi connectivity index (χ1n) is 9.10. The topological polar surface area (TPSA) is 57.4 Å². The van der Waals surface area contributed by atoms with Gasteiger partial charge >= 0.3 is 0 Å². The van der Waals surface area contributed by atoms with E-state index in [1.54, 1.807) is 12.1 Å². The minimum atomic E-state index is -0.454. The van der Waals surface area contributed by atoms with Crippen LogP contribution in [0.15, 0.2) is 42.5 Å². The van der Waals surface area contributed by atoms with Crippen LogP contribution in [0.5, 0.6) is 0 Å². The molecule has 6 heteroatoms. The monoisotopic (exact) mass is 404 g/mol. The van der Waals surface area contributed by atoms with Gasteiger partial charge in [0.05, 0.1) is 21.6 Å². The van der Waals surface area contributed by atoms with Gasteiger partial charge in [-0.1, -0.05) is 17.7 Å². The smallest absolute Gasteiger partial charge is 0.149 e. The molecule has 4 aromatic rings. The van der Waals surface area contributed by atoms with E-state index in [1.807, 2.05) is 55.7 Å². The number of aromatic amines is 1. The van der Waals surface area contributed by atoms with Crippen LogP contribution in [0.25, 0.3) is 28.4 Å². The normalized spacial score (nSPS) is 11.8. The molecule has 0 aliphatic heterocycles. The van der Waals surface area contributed by atoms with Gasteiger partial charge in [-0.15, -0.1) is 0 Å². The molecule has 0 aliphatic rings. The molecular formula is C23H18ClFN4. The molecule has 0 atom stereocenters. The molecule has 29 heavy (non-hydrogen) atoms. The fraction of sp³-hybridized carbons (Fsp3) is 0.130. The number of halogens is 2. The first-order chi connectivity index (χ1) is 13.9. The van der Waals surface area contributed by atoms with Crippen LogP contribution in [0.4, 0.5) is 4.39 Å². The fourth-order valence-corrected chi connectivity index (χ4v) is 3.69. The second kappa shape index (κ2) is 7.23. The molecule has 0 saturated heterocycles. The van der Waals surface area contributed by atoms with E-state index in [-0.39, 0.29) is 5.02 Å². The second-order valence-corrected chi connectivity index (χ2v) is 7.44. The first kappa shape index (κ1) is 19.0. The third kappa shape index (κ3) is 3.43. The van der Waals surface area contributed by atoms with E-state index in [4.69, 9.17) is 11.6 Å². The summed E-state index contributed by atoms with van der Waals surface area (Å²) >= 11 is 5.96. The van der Waals surface area contributed by atoms with E-state index in [2.05, 4.69) is 16.0 Å². The van der Waals surface area contributed by atoms with Crippen molar-refractivity contribution in [3.8, 4) is 11.8 Å². The average molecular weight is 405 g/mol. The Kier molecular flexibility index (Phi) is 4.73. The summed E-state index contributed by atoms with van der Waals surface area (Å²) in [6.07, 6.45) is 1.81. The molecule has 4 rings (SSSR count). The van der Waals surface area contributed by atoms with Gasteiger partial charge in [-0.3, -0.25) is 0 Å². The highest BCUT2D eigenvalue weighted by Crippen LogP contribution is 2.27. The van der Waals surface area contributed by atoms with Gasteiger partial charge in [0.1, 0.15) is 17.7 Å². The maximum absolute atomic E-state index is 13.5. The maximum atomic E-state index is 13.5. The zero-order chi connectivity index (χ0) is 20.7. The van der Waals surface area contributed by atoms with Gasteiger partial charge in [0.2, 0.25) is 0 Å². The lowest BCUT2D eigenvalue weighted by molar-refractivity contribution is 0.627. The molecule has 0 radical (unpaired) electrons. The van der Waals surface area contributed by atoms with Gasteiger partial charge < -0.3 is 9.55 Å². The fourth-order valence-electron chi connectivity index (χ4n) is 3.52. The number of benzene rings is 2. The highest BCUT2D eigenvalue weighted by molar-refractivity contribution is 6.30.